The second-order valence-corrected chi connectivity index (χ2v) is 4.19. The summed E-state index contributed by atoms with van der Waals surface area (Å²) < 4.78 is 0. The molecule has 0 unspecified atom stereocenters. The van der Waals surface area contributed by atoms with Gasteiger partial charge in [-0.15, -0.1) is 0 Å². The fourth-order valence-corrected chi connectivity index (χ4v) is 2.38. The fourth-order valence-electron chi connectivity index (χ4n) is 2.38. The SMILES string of the molecule is [N-]=[N+]=NCc1c2ccccc2cc2ccccc12. The molecule has 3 aromatic rings. The standard InChI is InChI=1S/C15H11N3/c16-18-17-10-15-13-7-3-1-5-11(13)9-12-6-2-4-8-14(12)15/h1-9H,10H2. The molecule has 3 heteroatoms. The molecule has 0 radical (unpaired) electrons. The summed E-state index contributed by atoms with van der Waals surface area (Å²) in [7, 11) is 0. The zero-order chi connectivity index (χ0) is 12.4. The summed E-state index contributed by atoms with van der Waals surface area (Å²) in [6.45, 7) is 0.387. The number of azide groups is 1. The number of rotatable bonds is 2. The van der Waals surface area contributed by atoms with Crippen LogP contribution < -0.4 is 0 Å². The molecule has 0 spiro atoms. The van der Waals surface area contributed by atoms with Crippen LogP contribution in [0.25, 0.3) is 32.0 Å². The third-order valence-corrected chi connectivity index (χ3v) is 3.17. The van der Waals surface area contributed by atoms with E-state index in [9.17, 15) is 0 Å². The topological polar surface area (TPSA) is 48.8 Å². The Morgan fingerprint density at radius 2 is 1.44 bits per heavy atom. The Balaban J connectivity index is 2.45. The zero-order valence-electron chi connectivity index (χ0n) is 9.74. The molecular weight excluding hydrogens is 222 g/mol. The van der Waals surface area contributed by atoms with Crippen LogP contribution in [0.15, 0.2) is 59.7 Å². The van der Waals surface area contributed by atoms with Crippen molar-refractivity contribution in [3.8, 4) is 0 Å². The van der Waals surface area contributed by atoms with E-state index in [0.29, 0.717) is 6.54 Å². The van der Waals surface area contributed by atoms with Gasteiger partial charge in [0.2, 0.25) is 0 Å². The zero-order valence-corrected chi connectivity index (χ0v) is 9.74. The Bertz CT molecular complexity index is 717. The highest BCUT2D eigenvalue weighted by molar-refractivity contribution is 6.02. The van der Waals surface area contributed by atoms with Crippen LogP contribution in [-0.2, 0) is 6.54 Å². The lowest BCUT2D eigenvalue weighted by Crippen LogP contribution is -1.87. The minimum absolute atomic E-state index is 0.387. The van der Waals surface area contributed by atoms with Gasteiger partial charge >= 0.3 is 0 Å². The van der Waals surface area contributed by atoms with Gasteiger partial charge in [-0.05, 0) is 38.7 Å². The Hall–Kier alpha value is -2.51. The molecule has 0 heterocycles. The normalized spacial score (nSPS) is 10.4. The lowest BCUT2D eigenvalue weighted by Gasteiger charge is -2.09. The maximum absolute atomic E-state index is 8.53. The summed E-state index contributed by atoms with van der Waals surface area (Å²) in [5.41, 5.74) is 9.63. The average molecular weight is 233 g/mol. The third kappa shape index (κ3) is 1.67. The van der Waals surface area contributed by atoms with Gasteiger partial charge in [-0.25, -0.2) is 0 Å². The molecule has 3 rings (SSSR count). The quantitative estimate of drug-likeness (QED) is 0.264. The summed E-state index contributed by atoms with van der Waals surface area (Å²) in [5, 5.41) is 8.39. The van der Waals surface area contributed by atoms with Crippen molar-refractivity contribution < 1.29 is 0 Å². The maximum atomic E-state index is 8.53. The van der Waals surface area contributed by atoms with Crippen LogP contribution in [0.2, 0.25) is 0 Å². The molecule has 0 fully saturated rings. The maximum Gasteiger partial charge on any atom is 0.0523 e. The van der Waals surface area contributed by atoms with Gasteiger partial charge in [0.15, 0.2) is 0 Å². The van der Waals surface area contributed by atoms with E-state index >= 15 is 0 Å². The number of nitrogens with zero attached hydrogens (tertiary/aromatic N) is 3. The highest BCUT2D eigenvalue weighted by Gasteiger charge is 2.05. The third-order valence-electron chi connectivity index (χ3n) is 3.17. The minimum Gasteiger partial charge on any atom is -0.0892 e. The van der Waals surface area contributed by atoms with Gasteiger partial charge in [0, 0.05) is 4.91 Å². The summed E-state index contributed by atoms with van der Waals surface area (Å²) >= 11 is 0. The number of hydrogen-bond donors (Lipinski definition) is 0. The van der Waals surface area contributed by atoms with Gasteiger partial charge in [-0.1, -0.05) is 53.6 Å². The van der Waals surface area contributed by atoms with E-state index < -0.39 is 0 Å². The molecule has 18 heavy (non-hydrogen) atoms. The molecule has 86 valence electrons. The minimum atomic E-state index is 0.387. The second-order valence-electron chi connectivity index (χ2n) is 4.19. The highest BCUT2D eigenvalue weighted by Crippen LogP contribution is 2.28. The predicted octanol–water partition coefficient (Wildman–Crippen LogP) is 4.80. The van der Waals surface area contributed by atoms with Crippen molar-refractivity contribution in [3.63, 3.8) is 0 Å². The lowest BCUT2D eigenvalue weighted by atomic mass is 9.97. The van der Waals surface area contributed by atoms with Gasteiger partial charge in [0.05, 0.1) is 6.54 Å². The number of hydrogen-bond acceptors (Lipinski definition) is 1. The molecule has 0 N–H and O–H groups in total. The van der Waals surface area contributed by atoms with Crippen molar-refractivity contribution in [2.75, 3.05) is 0 Å². The van der Waals surface area contributed by atoms with Crippen molar-refractivity contribution >= 4 is 21.5 Å². The first-order valence-corrected chi connectivity index (χ1v) is 5.80. The molecule has 0 saturated carbocycles. The van der Waals surface area contributed by atoms with Crippen molar-refractivity contribution in [2.24, 2.45) is 5.11 Å². The lowest BCUT2D eigenvalue weighted by molar-refractivity contribution is 1.07. The van der Waals surface area contributed by atoms with Crippen LogP contribution in [0.3, 0.4) is 0 Å². The summed E-state index contributed by atoms with van der Waals surface area (Å²) in [6, 6.07) is 18.6. The van der Waals surface area contributed by atoms with E-state index in [1.54, 1.807) is 0 Å². The molecule has 3 aromatic carbocycles. The van der Waals surface area contributed by atoms with E-state index in [-0.39, 0.29) is 0 Å². The Kier molecular flexibility index (Phi) is 2.60. The molecule has 0 amide bonds. The van der Waals surface area contributed by atoms with E-state index in [1.807, 2.05) is 24.3 Å². The molecule has 0 bridgehead atoms. The van der Waals surface area contributed by atoms with Crippen molar-refractivity contribution in [1.29, 1.82) is 0 Å². The molecule has 0 atom stereocenters. The van der Waals surface area contributed by atoms with Crippen molar-refractivity contribution in [2.45, 2.75) is 6.54 Å². The highest BCUT2D eigenvalue weighted by atomic mass is 15.1. The van der Waals surface area contributed by atoms with Gasteiger partial charge in [-0.2, -0.15) is 0 Å². The monoisotopic (exact) mass is 233 g/mol. The van der Waals surface area contributed by atoms with Crippen LogP contribution in [0.4, 0.5) is 0 Å². The Morgan fingerprint density at radius 3 is 2.00 bits per heavy atom. The van der Waals surface area contributed by atoms with Crippen LogP contribution in [0.1, 0.15) is 5.56 Å². The first kappa shape index (κ1) is 10.6. The van der Waals surface area contributed by atoms with Crippen LogP contribution in [0, 0.1) is 0 Å². The van der Waals surface area contributed by atoms with E-state index in [2.05, 4.69) is 40.4 Å². The predicted molar refractivity (Wildman–Crippen MR) is 74.3 cm³/mol. The Labute approximate surface area is 104 Å². The van der Waals surface area contributed by atoms with Gasteiger partial charge in [-0.3, -0.25) is 0 Å². The number of fused-ring (bicyclic) bond motifs is 2. The van der Waals surface area contributed by atoms with Crippen LogP contribution >= 0.6 is 0 Å². The van der Waals surface area contributed by atoms with Crippen LogP contribution in [0.5, 0.6) is 0 Å². The van der Waals surface area contributed by atoms with E-state index in [4.69, 9.17) is 5.53 Å². The van der Waals surface area contributed by atoms with Gasteiger partial charge in [0.1, 0.15) is 0 Å². The Morgan fingerprint density at radius 1 is 0.889 bits per heavy atom. The summed E-state index contributed by atoms with van der Waals surface area (Å²) in [4.78, 5) is 2.87. The van der Waals surface area contributed by atoms with Crippen LogP contribution in [-0.4, -0.2) is 0 Å². The number of benzene rings is 3. The first-order valence-electron chi connectivity index (χ1n) is 5.80. The first-order chi connectivity index (χ1) is 8.90. The van der Waals surface area contributed by atoms with E-state index in [0.717, 1.165) is 16.3 Å². The molecule has 0 saturated heterocycles. The molecule has 0 aliphatic carbocycles. The second kappa shape index (κ2) is 4.40. The fraction of sp³-hybridized carbons (Fsp3) is 0.0667. The molecule has 0 aliphatic rings. The molecule has 0 aromatic heterocycles. The van der Waals surface area contributed by atoms with Gasteiger partial charge in [0.25, 0.3) is 0 Å². The van der Waals surface area contributed by atoms with Gasteiger partial charge < -0.3 is 0 Å². The summed E-state index contributed by atoms with van der Waals surface area (Å²) in [6.07, 6.45) is 0. The van der Waals surface area contributed by atoms with E-state index in [1.165, 1.54) is 10.8 Å². The largest absolute Gasteiger partial charge is 0.0892 e. The molecule has 0 aliphatic heterocycles. The smallest absolute Gasteiger partial charge is 0.0523 e. The van der Waals surface area contributed by atoms with Crippen molar-refractivity contribution in [3.05, 3.63) is 70.6 Å². The average Bonchev–Trinajstić information content (AvgIpc) is 2.43. The molecule has 3 nitrogen and oxygen atoms in total. The van der Waals surface area contributed by atoms with Crippen molar-refractivity contribution in [1.82, 2.24) is 0 Å². The summed E-state index contributed by atoms with van der Waals surface area (Å²) in [5.74, 6) is 0. The molecular formula is C15H11N3.